The van der Waals surface area contributed by atoms with Crippen LogP contribution in [0.3, 0.4) is 0 Å². The van der Waals surface area contributed by atoms with Crippen LogP contribution < -0.4 is 4.74 Å². The molecular formula is C30H36O3. The van der Waals surface area contributed by atoms with Gasteiger partial charge in [0, 0.05) is 0 Å². The van der Waals surface area contributed by atoms with Crippen LogP contribution in [0.5, 0.6) is 5.75 Å². The van der Waals surface area contributed by atoms with E-state index in [0.29, 0.717) is 18.1 Å². The lowest BCUT2D eigenvalue weighted by molar-refractivity contribution is 0.0447. The number of rotatable bonds is 12. The molecule has 0 spiro atoms. The monoisotopic (exact) mass is 444 g/mol. The molecule has 0 bridgehead atoms. The van der Waals surface area contributed by atoms with Crippen LogP contribution in [0.15, 0.2) is 72.8 Å². The molecule has 33 heavy (non-hydrogen) atoms. The molecule has 3 aromatic carbocycles. The Morgan fingerprint density at radius 3 is 2.24 bits per heavy atom. The van der Waals surface area contributed by atoms with E-state index >= 15 is 0 Å². The Hall–Kier alpha value is -3.07. The molecule has 0 radical (unpaired) electrons. The summed E-state index contributed by atoms with van der Waals surface area (Å²) in [7, 11) is 0. The normalized spacial score (nSPS) is 11.7. The number of esters is 1. The van der Waals surface area contributed by atoms with E-state index in [9.17, 15) is 4.79 Å². The zero-order valence-corrected chi connectivity index (χ0v) is 20.2. The van der Waals surface area contributed by atoms with E-state index in [1.807, 2.05) is 48.5 Å². The number of unbranched alkanes of at least 4 members (excludes halogenated alkanes) is 3. The molecule has 1 unspecified atom stereocenters. The fourth-order valence-corrected chi connectivity index (χ4v) is 3.65. The van der Waals surface area contributed by atoms with Crippen LogP contribution >= 0.6 is 0 Å². The Labute approximate surface area is 198 Å². The largest absolute Gasteiger partial charge is 0.494 e. The molecular weight excluding hydrogens is 408 g/mol. The molecule has 0 amide bonds. The summed E-state index contributed by atoms with van der Waals surface area (Å²) in [5.41, 5.74) is 4.83. The van der Waals surface area contributed by atoms with Crippen LogP contribution in [0, 0.1) is 5.92 Å². The Morgan fingerprint density at radius 2 is 1.55 bits per heavy atom. The topological polar surface area (TPSA) is 35.5 Å². The van der Waals surface area contributed by atoms with Crippen LogP contribution in [0.1, 0.15) is 63.2 Å². The van der Waals surface area contributed by atoms with Gasteiger partial charge in [-0.3, -0.25) is 0 Å². The molecule has 3 aromatic rings. The van der Waals surface area contributed by atoms with Crippen LogP contribution in [-0.4, -0.2) is 19.2 Å². The first kappa shape index (κ1) is 24.6. The van der Waals surface area contributed by atoms with Gasteiger partial charge in [-0.05, 0) is 58.9 Å². The highest BCUT2D eigenvalue weighted by Gasteiger charge is 2.14. The number of benzene rings is 3. The van der Waals surface area contributed by atoms with Gasteiger partial charge in [0.2, 0.25) is 0 Å². The second kappa shape index (κ2) is 12.8. The van der Waals surface area contributed by atoms with Crippen LogP contribution in [0.4, 0.5) is 0 Å². The van der Waals surface area contributed by atoms with Gasteiger partial charge in [-0.15, -0.1) is 0 Å². The second-order valence-electron chi connectivity index (χ2n) is 8.67. The SMILES string of the molecule is CCCCCCOc1ccc(-c2cc(C(=O)OCC(C)CC)ccc2-c2ccccc2)cc1. The van der Waals surface area contributed by atoms with E-state index in [1.165, 1.54) is 19.3 Å². The zero-order chi connectivity index (χ0) is 23.5. The van der Waals surface area contributed by atoms with Gasteiger partial charge in [-0.2, -0.15) is 0 Å². The Morgan fingerprint density at radius 1 is 0.818 bits per heavy atom. The van der Waals surface area contributed by atoms with Gasteiger partial charge in [0.05, 0.1) is 18.8 Å². The molecule has 0 fully saturated rings. The van der Waals surface area contributed by atoms with Crippen molar-refractivity contribution in [3.05, 3.63) is 78.4 Å². The number of carbonyl (C=O) groups is 1. The molecule has 0 N–H and O–H groups in total. The minimum Gasteiger partial charge on any atom is -0.494 e. The van der Waals surface area contributed by atoms with E-state index in [4.69, 9.17) is 9.47 Å². The lowest BCUT2D eigenvalue weighted by Gasteiger charge is -2.14. The molecule has 0 aromatic heterocycles. The summed E-state index contributed by atoms with van der Waals surface area (Å²) in [4.78, 5) is 12.7. The van der Waals surface area contributed by atoms with Crippen molar-refractivity contribution in [2.45, 2.75) is 52.9 Å². The van der Waals surface area contributed by atoms with Crippen LogP contribution in [-0.2, 0) is 4.74 Å². The van der Waals surface area contributed by atoms with Crippen molar-refractivity contribution in [1.29, 1.82) is 0 Å². The molecule has 1 atom stereocenters. The van der Waals surface area contributed by atoms with Gasteiger partial charge < -0.3 is 9.47 Å². The molecule has 0 aliphatic heterocycles. The second-order valence-corrected chi connectivity index (χ2v) is 8.67. The van der Waals surface area contributed by atoms with Gasteiger partial charge in [-0.1, -0.05) is 95.0 Å². The van der Waals surface area contributed by atoms with E-state index in [1.54, 1.807) is 0 Å². The maximum absolute atomic E-state index is 12.7. The molecule has 0 heterocycles. The Balaban J connectivity index is 1.84. The highest BCUT2D eigenvalue weighted by atomic mass is 16.5. The highest BCUT2D eigenvalue weighted by molar-refractivity contribution is 5.94. The Bertz CT molecular complexity index is 993. The first-order valence-electron chi connectivity index (χ1n) is 12.2. The third-order valence-electron chi connectivity index (χ3n) is 5.97. The molecule has 0 saturated heterocycles. The van der Waals surface area contributed by atoms with Crippen molar-refractivity contribution in [1.82, 2.24) is 0 Å². The van der Waals surface area contributed by atoms with Crippen molar-refractivity contribution < 1.29 is 14.3 Å². The average molecular weight is 445 g/mol. The predicted molar refractivity (Wildman–Crippen MR) is 137 cm³/mol. The summed E-state index contributed by atoms with van der Waals surface area (Å²) >= 11 is 0. The van der Waals surface area contributed by atoms with Crippen LogP contribution in [0.25, 0.3) is 22.3 Å². The lowest BCUT2D eigenvalue weighted by Crippen LogP contribution is -2.11. The third-order valence-corrected chi connectivity index (χ3v) is 5.97. The third kappa shape index (κ3) is 7.21. The molecule has 0 saturated carbocycles. The highest BCUT2D eigenvalue weighted by Crippen LogP contribution is 2.34. The summed E-state index contributed by atoms with van der Waals surface area (Å²) in [5, 5.41) is 0. The van der Waals surface area contributed by atoms with Crippen molar-refractivity contribution in [3.63, 3.8) is 0 Å². The number of ether oxygens (including phenoxy) is 2. The van der Waals surface area contributed by atoms with E-state index in [-0.39, 0.29) is 5.97 Å². The minimum absolute atomic E-state index is 0.275. The molecule has 3 nitrogen and oxygen atoms in total. The quantitative estimate of drug-likeness (QED) is 0.209. The zero-order valence-electron chi connectivity index (χ0n) is 20.2. The van der Waals surface area contributed by atoms with Crippen molar-refractivity contribution in [3.8, 4) is 28.0 Å². The van der Waals surface area contributed by atoms with Gasteiger partial charge in [0.15, 0.2) is 0 Å². The number of carbonyl (C=O) groups excluding carboxylic acids is 1. The van der Waals surface area contributed by atoms with Crippen molar-refractivity contribution in [2.24, 2.45) is 5.92 Å². The van der Waals surface area contributed by atoms with E-state index in [0.717, 1.165) is 47.5 Å². The summed E-state index contributed by atoms with van der Waals surface area (Å²) in [5.74, 6) is 0.954. The molecule has 174 valence electrons. The summed E-state index contributed by atoms with van der Waals surface area (Å²) in [6.45, 7) is 7.58. The van der Waals surface area contributed by atoms with Crippen LogP contribution in [0.2, 0.25) is 0 Å². The van der Waals surface area contributed by atoms with Gasteiger partial charge >= 0.3 is 5.97 Å². The molecule has 3 rings (SSSR count). The number of hydrogen-bond donors (Lipinski definition) is 0. The summed E-state index contributed by atoms with van der Waals surface area (Å²) in [6, 6.07) is 24.2. The maximum atomic E-state index is 12.7. The number of hydrogen-bond acceptors (Lipinski definition) is 3. The standard InChI is InChI=1S/C30H36O3/c1-4-6-7-11-20-32-27-17-14-25(15-18-27)29-21-26(30(31)33-22-23(3)5-2)16-19-28(29)24-12-9-8-10-13-24/h8-10,12-19,21,23H,4-7,11,20,22H2,1-3H3. The summed E-state index contributed by atoms with van der Waals surface area (Å²) in [6.07, 6.45) is 5.74. The first-order valence-corrected chi connectivity index (χ1v) is 12.2. The predicted octanol–water partition coefficient (Wildman–Crippen LogP) is 8.18. The Kier molecular flexibility index (Phi) is 9.56. The average Bonchev–Trinajstić information content (AvgIpc) is 2.87. The molecule has 3 heteroatoms. The van der Waals surface area contributed by atoms with Gasteiger partial charge in [0.1, 0.15) is 5.75 Å². The molecule has 0 aliphatic rings. The van der Waals surface area contributed by atoms with Crippen molar-refractivity contribution >= 4 is 5.97 Å². The smallest absolute Gasteiger partial charge is 0.338 e. The van der Waals surface area contributed by atoms with Gasteiger partial charge in [0.25, 0.3) is 0 Å². The maximum Gasteiger partial charge on any atom is 0.338 e. The van der Waals surface area contributed by atoms with E-state index in [2.05, 4.69) is 45.0 Å². The summed E-state index contributed by atoms with van der Waals surface area (Å²) < 4.78 is 11.5. The lowest BCUT2D eigenvalue weighted by atomic mass is 9.93. The van der Waals surface area contributed by atoms with Gasteiger partial charge in [-0.25, -0.2) is 4.79 Å². The fourth-order valence-electron chi connectivity index (χ4n) is 3.65. The molecule has 0 aliphatic carbocycles. The minimum atomic E-state index is -0.275. The van der Waals surface area contributed by atoms with E-state index < -0.39 is 0 Å². The fraction of sp³-hybridized carbons (Fsp3) is 0.367. The van der Waals surface area contributed by atoms with Crippen molar-refractivity contribution in [2.75, 3.05) is 13.2 Å². The first-order chi connectivity index (χ1) is 16.1.